The summed E-state index contributed by atoms with van der Waals surface area (Å²) in [6.07, 6.45) is 10.3. The molecule has 0 radical (unpaired) electrons. The predicted octanol–water partition coefficient (Wildman–Crippen LogP) is 3.20. The summed E-state index contributed by atoms with van der Waals surface area (Å²) in [7, 11) is 0. The van der Waals surface area contributed by atoms with Crippen LogP contribution in [0.4, 0.5) is 0 Å². The lowest BCUT2D eigenvalue weighted by atomic mass is 10.1. The minimum Gasteiger partial charge on any atom is -0.411 e. The number of oxime groups is 1. The number of rotatable bonds is 7. The largest absolute Gasteiger partial charge is 0.411 e. The van der Waals surface area contributed by atoms with Crippen LogP contribution in [0, 0.1) is 0 Å². The van der Waals surface area contributed by atoms with Crippen LogP contribution in [0.2, 0.25) is 0 Å². The molecule has 0 unspecified atom stereocenters. The Bertz CT molecular complexity index is 91.6. The molecule has 0 saturated carbocycles. The van der Waals surface area contributed by atoms with Crippen LogP contribution < -0.4 is 0 Å². The van der Waals surface area contributed by atoms with Crippen LogP contribution in [0.1, 0.15) is 51.9 Å². The Morgan fingerprint density at radius 1 is 1.09 bits per heavy atom. The van der Waals surface area contributed by atoms with E-state index in [4.69, 9.17) is 5.21 Å². The summed E-state index contributed by atoms with van der Waals surface area (Å²) < 4.78 is 0. The van der Waals surface area contributed by atoms with Crippen LogP contribution in [-0.2, 0) is 0 Å². The molecule has 0 aromatic rings. The Balaban J connectivity index is 2.79. The average molecular weight is 157 g/mol. The van der Waals surface area contributed by atoms with Crippen molar-refractivity contribution >= 4 is 6.21 Å². The van der Waals surface area contributed by atoms with Gasteiger partial charge in [0.1, 0.15) is 0 Å². The van der Waals surface area contributed by atoms with E-state index in [1.165, 1.54) is 32.1 Å². The molecule has 0 bridgehead atoms. The zero-order valence-electron chi connectivity index (χ0n) is 7.42. The number of hydrogen-bond donors (Lipinski definition) is 1. The van der Waals surface area contributed by atoms with Gasteiger partial charge in [0.15, 0.2) is 0 Å². The molecule has 0 spiro atoms. The third-order valence-corrected chi connectivity index (χ3v) is 1.77. The zero-order chi connectivity index (χ0) is 8.36. The van der Waals surface area contributed by atoms with Gasteiger partial charge in [-0.15, -0.1) is 5.16 Å². The van der Waals surface area contributed by atoms with E-state index in [9.17, 15) is 0 Å². The highest BCUT2D eigenvalue weighted by Crippen LogP contribution is 2.05. The first-order valence-corrected chi connectivity index (χ1v) is 4.57. The van der Waals surface area contributed by atoms with Gasteiger partial charge in [-0.25, -0.2) is 0 Å². The Kier molecular flexibility index (Phi) is 9.01. The van der Waals surface area contributed by atoms with E-state index in [0.29, 0.717) is 0 Å². The van der Waals surface area contributed by atoms with Gasteiger partial charge in [0.05, 0.1) is 0 Å². The van der Waals surface area contributed by atoms with E-state index in [2.05, 4.69) is 12.1 Å². The molecule has 2 nitrogen and oxygen atoms in total. The highest BCUT2D eigenvalue weighted by Gasteiger charge is 1.87. The fourth-order valence-electron chi connectivity index (χ4n) is 1.07. The summed E-state index contributed by atoms with van der Waals surface area (Å²) in [5.41, 5.74) is 0. The summed E-state index contributed by atoms with van der Waals surface area (Å²) in [4.78, 5) is 0. The van der Waals surface area contributed by atoms with Crippen molar-refractivity contribution < 1.29 is 5.21 Å². The van der Waals surface area contributed by atoms with Gasteiger partial charge in [-0.3, -0.25) is 0 Å². The Morgan fingerprint density at radius 2 is 1.73 bits per heavy atom. The van der Waals surface area contributed by atoms with Gasteiger partial charge < -0.3 is 5.21 Å². The summed E-state index contributed by atoms with van der Waals surface area (Å²) >= 11 is 0. The molecule has 0 fully saturated rings. The van der Waals surface area contributed by atoms with Crippen molar-refractivity contribution in [3.63, 3.8) is 0 Å². The quantitative estimate of drug-likeness (QED) is 0.262. The maximum absolute atomic E-state index is 8.08. The minimum atomic E-state index is 0.919. The first-order valence-electron chi connectivity index (χ1n) is 4.57. The standard InChI is InChI=1S/C9H19NO/c1-2-3-4-5-6-7-8-9-10-11/h9,11H,2-8H2,1H3/b10-9+. The molecule has 11 heavy (non-hydrogen) atoms. The van der Waals surface area contributed by atoms with Crippen LogP contribution in [0.3, 0.4) is 0 Å². The number of nitrogens with zero attached hydrogens (tertiary/aromatic N) is 1. The molecule has 66 valence electrons. The smallest absolute Gasteiger partial charge is 0.0435 e. The van der Waals surface area contributed by atoms with Crippen molar-refractivity contribution in [2.45, 2.75) is 51.9 Å². The van der Waals surface area contributed by atoms with Gasteiger partial charge in [-0.05, 0) is 12.8 Å². The maximum atomic E-state index is 8.08. The molecule has 0 aliphatic carbocycles. The fraction of sp³-hybridized carbons (Fsp3) is 0.889. The zero-order valence-corrected chi connectivity index (χ0v) is 7.42. The SMILES string of the molecule is CCCCCCCC/C=N/O. The average Bonchev–Trinajstić information content (AvgIpc) is 2.03. The highest BCUT2D eigenvalue weighted by atomic mass is 16.4. The van der Waals surface area contributed by atoms with E-state index >= 15 is 0 Å². The van der Waals surface area contributed by atoms with E-state index in [-0.39, 0.29) is 0 Å². The summed E-state index contributed by atoms with van der Waals surface area (Å²) in [5.74, 6) is 0. The normalized spacial score (nSPS) is 11.0. The molecular formula is C9H19NO. The number of unbranched alkanes of at least 4 members (excludes halogenated alkanes) is 6. The molecule has 0 amide bonds. The van der Waals surface area contributed by atoms with Gasteiger partial charge in [-0.1, -0.05) is 39.0 Å². The van der Waals surface area contributed by atoms with E-state index in [1.807, 2.05) is 0 Å². The Morgan fingerprint density at radius 3 is 2.36 bits per heavy atom. The lowest BCUT2D eigenvalue weighted by Gasteiger charge is -1.96. The third-order valence-electron chi connectivity index (χ3n) is 1.77. The molecule has 0 heterocycles. The van der Waals surface area contributed by atoms with Crippen LogP contribution >= 0.6 is 0 Å². The topological polar surface area (TPSA) is 32.6 Å². The van der Waals surface area contributed by atoms with Crippen molar-refractivity contribution in [2.24, 2.45) is 5.16 Å². The van der Waals surface area contributed by atoms with Crippen LogP contribution in [0.15, 0.2) is 5.16 Å². The fourth-order valence-corrected chi connectivity index (χ4v) is 1.07. The second-order valence-electron chi connectivity index (χ2n) is 2.85. The molecule has 0 aliphatic heterocycles. The van der Waals surface area contributed by atoms with Crippen molar-refractivity contribution in [3.05, 3.63) is 0 Å². The maximum Gasteiger partial charge on any atom is 0.0435 e. The van der Waals surface area contributed by atoms with E-state index in [0.717, 1.165) is 12.8 Å². The molecule has 0 aromatic heterocycles. The molecule has 0 atom stereocenters. The monoisotopic (exact) mass is 157 g/mol. The van der Waals surface area contributed by atoms with Crippen molar-refractivity contribution in [2.75, 3.05) is 0 Å². The minimum absolute atomic E-state index is 0.919. The molecule has 0 aliphatic rings. The number of hydrogen-bond acceptors (Lipinski definition) is 2. The van der Waals surface area contributed by atoms with E-state index < -0.39 is 0 Å². The molecular weight excluding hydrogens is 138 g/mol. The molecule has 0 rings (SSSR count). The second kappa shape index (κ2) is 9.47. The van der Waals surface area contributed by atoms with Crippen molar-refractivity contribution in [3.8, 4) is 0 Å². The first kappa shape index (κ1) is 10.5. The van der Waals surface area contributed by atoms with Gasteiger partial charge in [0.25, 0.3) is 0 Å². The molecule has 0 aromatic carbocycles. The summed E-state index contributed by atoms with van der Waals surface area (Å²) in [6.45, 7) is 2.22. The van der Waals surface area contributed by atoms with Crippen LogP contribution in [0.25, 0.3) is 0 Å². The summed E-state index contributed by atoms with van der Waals surface area (Å²) in [6, 6.07) is 0. The van der Waals surface area contributed by atoms with Crippen LogP contribution in [0.5, 0.6) is 0 Å². The first-order chi connectivity index (χ1) is 5.41. The predicted molar refractivity (Wildman–Crippen MR) is 48.3 cm³/mol. The highest BCUT2D eigenvalue weighted by molar-refractivity contribution is 5.55. The molecule has 0 saturated heterocycles. The van der Waals surface area contributed by atoms with Crippen LogP contribution in [-0.4, -0.2) is 11.4 Å². The molecule has 2 heteroatoms. The van der Waals surface area contributed by atoms with Crippen molar-refractivity contribution in [1.29, 1.82) is 0 Å². The third kappa shape index (κ3) is 9.47. The van der Waals surface area contributed by atoms with Gasteiger partial charge >= 0.3 is 0 Å². The Labute approximate surface area is 69.3 Å². The lowest BCUT2D eigenvalue weighted by Crippen LogP contribution is -1.80. The summed E-state index contributed by atoms with van der Waals surface area (Å²) in [5, 5.41) is 11.0. The lowest BCUT2D eigenvalue weighted by molar-refractivity contribution is 0.320. The second-order valence-corrected chi connectivity index (χ2v) is 2.85. The Hall–Kier alpha value is -0.530. The van der Waals surface area contributed by atoms with Gasteiger partial charge in [0.2, 0.25) is 0 Å². The van der Waals surface area contributed by atoms with E-state index in [1.54, 1.807) is 6.21 Å². The van der Waals surface area contributed by atoms with Gasteiger partial charge in [0, 0.05) is 6.21 Å². The molecule has 1 N–H and O–H groups in total. The van der Waals surface area contributed by atoms with Crippen molar-refractivity contribution in [1.82, 2.24) is 0 Å². The van der Waals surface area contributed by atoms with Gasteiger partial charge in [-0.2, -0.15) is 0 Å².